The minimum absolute atomic E-state index is 0.136. The fourth-order valence-corrected chi connectivity index (χ4v) is 2.08. The van der Waals surface area contributed by atoms with Crippen molar-refractivity contribution < 1.29 is 32.2 Å². The molecule has 0 aliphatic carbocycles. The molecule has 9 heteroatoms. The van der Waals surface area contributed by atoms with E-state index in [1.54, 1.807) is 12.1 Å². The van der Waals surface area contributed by atoms with E-state index in [2.05, 4.69) is 15.4 Å². The van der Waals surface area contributed by atoms with Gasteiger partial charge in [0.2, 0.25) is 5.91 Å². The number of amides is 2. The summed E-state index contributed by atoms with van der Waals surface area (Å²) in [5.74, 6) is -0.868. The Labute approximate surface area is 146 Å². The number of ether oxygens (including phenoxy) is 2. The first-order valence-electron chi connectivity index (χ1n) is 7.31. The molecule has 0 bridgehead atoms. The average molecular weight is 368 g/mol. The number of carbonyl (C=O) groups excluding carboxylic acids is 2. The Kier molecular flexibility index (Phi) is 5.71. The molecule has 26 heavy (non-hydrogen) atoms. The zero-order chi connectivity index (χ0) is 19.3. The molecule has 2 N–H and O–H groups in total. The van der Waals surface area contributed by atoms with Crippen molar-refractivity contribution >= 4 is 23.2 Å². The predicted molar refractivity (Wildman–Crippen MR) is 88.4 cm³/mol. The quantitative estimate of drug-likeness (QED) is 0.842. The van der Waals surface area contributed by atoms with Crippen molar-refractivity contribution in [3.63, 3.8) is 0 Å². The summed E-state index contributed by atoms with van der Waals surface area (Å²) < 4.78 is 45.3. The molecule has 0 saturated carbocycles. The van der Waals surface area contributed by atoms with Crippen LogP contribution in [0.4, 0.5) is 24.5 Å². The highest BCUT2D eigenvalue weighted by Crippen LogP contribution is 2.28. The monoisotopic (exact) mass is 368 g/mol. The van der Waals surface area contributed by atoms with Crippen LogP contribution in [0.1, 0.15) is 17.3 Å². The van der Waals surface area contributed by atoms with Crippen molar-refractivity contribution in [3.05, 3.63) is 48.0 Å². The normalized spacial score (nSPS) is 10.8. The molecule has 0 aliphatic heterocycles. The number of rotatable bonds is 5. The standard InChI is InChI=1S/C17H15F3N2O4/c1-10(23)21-14-9-12(5-8-15(14)25-2)22-16(24)11-3-6-13(7-4-11)26-17(18,19)20/h3-9H,1-2H3,(H,21,23)(H,22,24). The Balaban J connectivity index is 2.13. The first kappa shape index (κ1) is 19.1. The van der Waals surface area contributed by atoms with Crippen molar-refractivity contribution in [3.8, 4) is 11.5 Å². The number of hydrogen-bond acceptors (Lipinski definition) is 4. The van der Waals surface area contributed by atoms with Gasteiger partial charge < -0.3 is 20.1 Å². The molecule has 138 valence electrons. The highest BCUT2D eigenvalue weighted by Gasteiger charge is 2.31. The maximum atomic E-state index is 12.2. The Bertz CT molecular complexity index is 805. The molecule has 0 aliphatic rings. The molecular weight excluding hydrogens is 353 g/mol. The number of methoxy groups -OCH3 is 1. The van der Waals surface area contributed by atoms with E-state index in [-0.39, 0.29) is 11.5 Å². The van der Waals surface area contributed by atoms with E-state index in [9.17, 15) is 22.8 Å². The number of alkyl halides is 3. The number of nitrogens with one attached hydrogen (secondary N) is 2. The van der Waals surface area contributed by atoms with Crippen molar-refractivity contribution in [2.24, 2.45) is 0 Å². The Morgan fingerprint density at radius 3 is 2.19 bits per heavy atom. The van der Waals surface area contributed by atoms with Crippen LogP contribution in [0.2, 0.25) is 0 Å². The van der Waals surface area contributed by atoms with Crippen LogP contribution in [-0.2, 0) is 4.79 Å². The summed E-state index contributed by atoms with van der Waals surface area (Å²) in [7, 11) is 1.43. The van der Waals surface area contributed by atoms with E-state index in [0.29, 0.717) is 17.1 Å². The molecular formula is C17H15F3N2O4. The zero-order valence-electron chi connectivity index (χ0n) is 13.8. The van der Waals surface area contributed by atoms with Gasteiger partial charge in [-0.3, -0.25) is 9.59 Å². The van der Waals surface area contributed by atoms with E-state index in [1.807, 2.05) is 0 Å². The molecule has 0 spiro atoms. The third kappa shape index (κ3) is 5.40. The van der Waals surface area contributed by atoms with Crippen molar-refractivity contribution in [2.45, 2.75) is 13.3 Å². The molecule has 0 atom stereocenters. The summed E-state index contributed by atoms with van der Waals surface area (Å²) >= 11 is 0. The van der Waals surface area contributed by atoms with Crippen LogP contribution in [0.3, 0.4) is 0 Å². The Hall–Kier alpha value is -3.23. The predicted octanol–water partition coefficient (Wildman–Crippen LogP) is 3.80. The van der Waals surface area contributed by atoms with Crippen molar-refractivity contribution in [1.82, 2.24) is 0 Å². The summed E-state index contributed by atoms with van der Waals surface area (Å²) in [4.78, 5) is 23.4. The van der Waals surface area contributed by atoms with Gasteiger partial charge in [0.25, 0.3) is 5.91 Å². The number of halogens is 3. The molecule has 0 unspecified atom stereocenters. The SMILES string of the molecule is COc1ccc(NC(=O)c2ccc(OC(F)(F)F)cc2)cc1NC(C)=O. The number of hydrogen-bond donors (Lipinski definition) is 2. The van der Waals surface area contributed by atoms with Crippen LogP contribution in [-0.4, -0.2) is 25.3 Å². The molecule has 0 heterocycles. The maximum Gasteiger partial charge on any atom is 0.573 e. The van der Waals surface area contributed by atoms with E-state index >= 15 is 0 Å². The molecule has 2 aromatic carbocycles. The van der Waals surface area contributed by atoms with Crippen LogP contribution in [0.5, 0.6) is 11.5 Å². The van der Waals surface area contributed by atoms with Crippen LogP contribution in [0, 0.1) is 0 Å². The molecule has 2 amide bonds. The van der Waals surface area contributed by atoms with Crippen molar-refractivity contribution in [1.29, 1.82) is 0 Å². The van der Waals surface area contributed by atoms with E-state index in [1.165, 1.54) is 32.2 Å². The number of benzene rings is 2. The lowest BCUT2D eigenvalue weighted by molar-refractivity contribution is -0.274. The third-order valence-electron chi connectivity index (χ3n) is 3.12. The first-order valence-corrected chi connectivity index (χ1v) is 7.31. The summed E-state index contributed by atoms with van der Waals surface area (Å²) in [6.07, 6.45) is -4.80. The van der Waals surface area contributed by atoms with Gasteiger partial charge in [0, 0.05) is 18.2 Å². The number of anilines is 2. The second-order valence-electron chi connectivity index (χ2n) is 5.12. The molecule has 0 saturated heterocycles. The summed E-state index contributed by atoms with van der Waals surface area (Å²) in [6, 6.07) is 9.10. The minimum atomic E-state index is -4.80. The van der Waals surface area contributed by atoms with Gasteiger partial charge in [-0.25, -0.2) is 0 Å². The molecule has 0 aromatic heterocycles. The highest BCUT2D eigenvalue weighted by atomic mass is 19.4. The van der Waals surface area contributed by atoms with Gasteiger partial charge in [-0.15, -0.1) is 13.2 Å². The van der Waals surface area contributed by atoms with Crippen LogP contribution in [0.15, 0.2) is 42.5 Å². The highest BCUT2D eigenvalue weighted by molar-refractivity contribution is 6.05. The second-order valence-corrected chi connectivity index (χ2v) is 5.12. The van der Waals surface area contributed by atoms with Crippen molar-refractivity contribution in [2.75, 3.05) is 17.7 Å². The van der Waals surface area contributed by atoms with Crippen LogP contribution >= 0.6 is 0 Å². The molecule has 2 rings (SSSR count). The average Bonchev–Trinajstić information content (AvgIpc) is 2.53. The third-order valence-corrected chi connectivity index (χ3v) is 3.12. The summed E-state index contributed by atoms with van der Waals surface area (Å²) in [5.41, 5.74) is 0.873. The van der Waals surface area contributed by atoms with Gasteiger partial charge >= 0.3 is 6.36 Å². The van der Waals surface area contributed by atoms with Crippen LogP contribution in [0.25, 0.3) is 0 Å². The lowest BCUT2D eigenvalue weighted by Crippen LogP contribution is -2.17. The Morgan fingerprint density at radius 2 is 1.65 bits per heavy atom. The van der Waals surface area contributed by atoms with Gasteiger partial charge in [0.1, 0.15) is 11.5 Å². The maximum absolute atomic E-state index is 12.2. The fraction of sp³-hybridized carbons (Fsp3) is 0.176. The fourth-order valence-electron chi connectivity index (χ4n) is 2.08. The van der Waals surface area contributed by atoms with Crippen LogP contribution < -0.4 is 20.1 Å². The minimum Gasteiger partial charge on any atom is -0.495 e. The molecule has 2 aromatic rings. The van der Waals surface area contributed by atoms with E-state index in [4.69, 9.17) is 4.74 Å². The summed E-state index contributed by atoms with van der Waals surface area (Å²) in [5, 5.41) is 5.15. The van der Waals surface area contributed by atoms with E-state index in [0.717, 1.165) is 12.1 Å². The van der Waals surface area contributed by atoms with Gasteiger partial charge in [-0.05, 0) is 42.5 Å². The first-order chi connectivity index (χ1) is 12.2. The Morgan fingerprint density at radius 1 is 1.00 bits per heavy atom. The molecule has 6 nitrogen and oxygen atoms in total. The second kappa shape index (κ2) is 7.77. The largest absolute Gasteiger partial charge is 0.573 e. The molecule has 0 fully saturated rings. The lowest BCUT2D eigenvalue weighted by Gasteiger charge is -2.12. The van der Waals surface area contributed by atoms with Gasteiger partial charge in [-0.2, -0.15) is 0 Å². The summed E-state index contributed by atoms with van der Waals surface area (Å²) in [6.45, 7) is 1.33. The zero-order valence-corrected chi connectivity index (χ0v) is 13.8. The van der Waals surface area contributed by atoms with Gasteiger partial charge in [0.05, 0.1) is 12.8 Å². The molecule has 0 radical (unpaired) electrons. The number of carbonyl (C=O) groups is 2. The van der Waals surface area contributed by atoms with E-state index < -0.39 is 18.0 Å². The topological polar surface area (TPSA) is 76.7 Å². The lowest BCUT2D eigenvalue weighted by atomic mass is 10.2. The van der Waals surface area contributed by atoms with Gasteiger partial charge in [0.15, 0.2) is 0 Å². The van der Waals surface area contributed by atoms with Gasteiger partial charge in [-0.1, -0.05) is 0 Å². The smallest absolute Gasteiger partial charge is 0.495 e.